The van der Waals surface area contributed by atoms with E-state index in [4.69, 9.17) is 0 Å². The molecule has 3 nitrogen and oxygen atoms in total. The van der Waals surface area contributed by atoms with Crippen LogP contribution in [0.5, 0.6) is 11.6 Å². The van der Waals surface area contributed by atoms with Crippen molar-refractivity contribution in [2.24, 2.45) is 0 Å². The van der Waals surface area contributed by atoms with Gasteiger partial charge in [0, 0.05) is 11.6 Å². The first-order valence-electron chi connectivity index (χ1n) is 4.51. The van der Waals surface area contributed by atoms with Crippen molar-refractivity contribution in [2.45, 2.75) is 33.2 Å². The molecule has 2 N–H and O–H groups in total. The molecule has 0 aromatic carbocycles. The second kappa shape index (κ2) is 3.64. The summed E-state index contributed by atoms with van der Waals surface area (Å²) in [5.74, 6) is 0.240. The van der Waals surface area contributed by atoms with E-state index >= 15 is 0 Å². The smallest absolute Gasteiger partial charge is 0.408 e. The van der Waals surface area contributed by atoms with Gasteiger partial charge >= 0.3 is 5.88 Å². The second-order valence-corrected chi connectivity index (χ2v) is 3.42. The molecule has 0 aliphatic rings. The number of nitrogens with zero attached hydrogens (tertiary/aromatic N) is 1. The number of rotatable bonds is 2. The Kier molecular flexibility index (Phi) is 2.76. The van der Waals surface area contributed by atoms with Gasteiger partial charge in [-0.1, -0.05) is 13.8 Å². The maximum atomic E-state index is 9.42. The molecule has 0 spiro atoms. The van der Waals surface area contributed by atoms with E-state index in [2.05, 4.69) is 0 Å². The Labute approximate surface area is 78.3 Å². The molecule has 13 heavy (non-hydrogen) atoms. The minimum absolute atomic E-state index is 0.0481. The van der Waals surface area contributed by atoms with E-state index in [9.17, 15) is 10.2 Å². The minimum atomic E-state index is -0.0631. The van der Waals surface area contributed by atoms with Crippen LogP contribution in [0.1, 0.15) is 32.3 Å². The third-order valence-electron chi connectivity index (χ3n) is 2.12. The van der Waals surface area contributed by atoms with Crippen LogP contribution >= 0.6 is 0 Å². The Morgan fingerprint density at radius 2 is 2.00 bits per heavy atom. The molecule has 1 aromatic rings. The van der Waals surface area contributed by atoms with Crippen molar-refractivity contribution in [1.29, 1.82) is 0 Å². The van der Waals surface area contributed by atoms with Crippen molar-refractivity contribution in [2.75, 3.05) is 0 Å². The lowest BCUT2D eigenvalue weighted by Gasteiger charge is -2.05. The van der Waals surface area contributed by atoms with Crippen LogP contribution in [0.4, 0.5) is 0 Å². The fourth-order valence-corrected chi connectivity index (χ4v) is 1.20. The maximum absolute atomic E-state index is 9.42. The van der Waals surface area contributed by atoms with Gasteiger partial charge in [0.05, 0.1) is 0 Å². The summed E-state index contributed by atoms with van der Waals surface area (Å²) in [6.45, 7) is 6.67. The quantitative estimate of drug-likeness (QED) is 0.681. The first kappa shape index (κ1) is 9.84. The lowest BCUT2D eigenvalue weighted by molar-refractivity contribution is -0.700. The summed E-state index contributed by atoms with van der Waals surface area (Å²) in [7, 11) is 0. The van der Waals surface area contributed by atoms with Crippen LogP contribution in [0.2, 0.25) is 0 Å². The van der Waals surface area contributed by atoms with Gasteiger partial charge < -0.3 is 10.2 Å². The van der Waals surface area contributed by atoms with Crippen LogP contribution in [0, 0.1) is 0 Å². The number of pyridine rings is 1. The number of aromatic hydroxyl groups is 2. The van der Waals surface area contributed by atoms with Crippen molar-refractivity contribution < 1.29 is 14.8 Å². The normalized spacial score (nSPS) is 10.8. The first-order chi connectivity index (χ1) is 6.06. The zero-order valence-corrected chi connectivity index (χ0v) is 8.28. The van der Waals surface area contributed by atoms with Crippen molar-refractivity contribution in [3.63, 3.8) is 0 Å². The van der Waals surface area contributed by atoms with Crippen LogP contribution in [-0.4, -0.2) is 10.2 Å². The molecule has 1 rings (SSSR count). The summed E-state index contributed by atoms with van der Waals surface area (Å²) in [4.78, 5) is 0. The van der Waals surface area contributed by atoms with Gasteiger partial charge in [-0.3, -0.25) is 0 Å². The molecule has 0 saturated heterocycles. The van der Waals surface area contributed by atoms with E-state index in [1.54, 1.807) is 10.6 Å². The predicted molar refractivity (Wildman–Crippen MR) is 49.7 cm³/mol. The Morgan fingerprint density at radius 1 is 1.38 bits per heavy atom. The molecule has 0 aliphatic heterocycles. The number of hydrogen-bond donors (Lipinski definition) is 2. The third kappa shape index (κ3) is 1.91. The molecule has 0 bridgehead atoms. The van der Waals surface area contributed by atoms with Crippen molar-refractivity contribution in [1.82, 2.24) is 0 Å². The summed E-state index contributed by atoms with van der Waals surface area (Å²) in [6, 6.07) is 1.60. The van der Waals surface area contributed by atoms with Gasteiger partial charge in [-0.2, -0.15) is 4.57 Å². The topological polar surface area (TPSA) is 44.3 Å². The Bertz CT molecular complexity index is 308. The highest BCUT2D eigenvalue weighted by Crippen LogP contribution is 2.24. The largest absolute Gasteiger partial charge is 0.500 e. The summed E-state index contributed by atoms with van der Waals surface area (Å²) in [5.41, 5.74) is 1.03. The molecule has 0 unspecified atom stereocenters. The highest BCUT2D eigenvalue weighted by Gasteiger charge is 2.16. The van der Waals surface area contributed by atoms with E-state index in [-0.39, 0.29) is 11.6 Å². The lowest BCUT2D eigenvalue weighted by atomic mass is 10.1. The zero-order valence-electron chi connectivity index (χ0n) is 8.28. The Balaban J connectivity index is 3.22. The summed E-state index contributed by atoms with van der Waals surface area (Å²) in [5, 5.41) is 18.8. The standard InChI is InChI=1S/C10H15NO2/c1-4-11-6-8(7(2)3)5-9(12)10(11)13/h5-7,12H,4H2,1-3H3/p+1. The van der Waals surface area contributed by atoms with Gasteiger partial charge in [0.2, 0.25) is 5.75 Å². The molecule has 0 amide bonds. The van der Waals surface area contributed by atoms with Crippen LogP contribution in [0.3, 0.4) is 0 Å². The molecule has 0 aliphatic carbocycles. The molecule has 3 heteroatoms. The van der Waals surface area contributed by atoms with E-state index in [1.165, 1.54) is 0 Å². The van der Waals surface area contributed by atoms with Crippen LogP contribution < -0.4 is 4.57 Å². The molecule has 0 saturated carbocycles. The van der Waals surface area contributed by atoms with Crippen LogP contribution in [0.15, 0.2) is 12.3 Å². The predicted octanol–water partition coefficient (Wildman–Crippen LogP) is 1.53. The third-order valence-corrected chi connectivity index (χ3v) is 2.12. The molecule has 0 atom stereocenters. The van der Waals surface area contributed by atoms with E-state index in [0.29, 0.717) is 12.5 Å². The fourth-order valence-electron chi connectivity index (χ4n) is 1.20. The van der Waals surface area contributed by atoms with Crippen molar-refractivity contribution in [3.05, 3.63) is 17.8 Å². The maximum Gasteiger partial charge on any atom is 0.408 e. The second-order valence-electron chi connectivity index (χ2n) is 3.42. The molecule has 1 heterocycles. The number of hydrogen-bond acceptors (Lipinski definition) is 2. The fraction of sp³-hybridized carbons (Fsp3) is 0.500. The van der Waals surface area contributed by atoms with E-state index < -0.39 is 0 Å². The lowest BCUT2D eigenvalue weighted by Crippen LogP contribution is -2.32. The van der Waals surface area contributed by atoms with Gasteiger partial charge in [0.15, 0.2) is 6.20 Å². The van der Waals surface area contributed by atoms with Crippen molar-refractivity contribution in [3.8, 4) is 11.6 Å². The van der Waals surface area contributed by atoms with Gasteiger partial charge in [-0.05, 0) is 12.8 Å². The van der Waals surface area contributed by atoms with E-state index in [0.717, 1.165) is 5.56 Å². The molecular weight excluding hydrogens is 166 g/mol. The summed E-state index contributed by atoms with van der Waals surface area (Å²) < 4.78 is 1.63. The molecule has 72 valence electrons. The monoisotopic (exact) mass is 182 g/mol. The Morgan fingerprint density at radius 3 is 2.46 bits per heavy atom. The molecule has 0 radical (unpaired) electrons. The van der Waals surface area contributed by atoms with E-state index in [1.807, 2.05) is 27.0 Å². The van der Waals surface area contributed by atoms with Crippen LogP contribution in [-0.2, 0) is 6.54 Å². The van der Waals surface area contributed by atoms with Gasteiger partial charge in [0.1, 0.15) is 6.54 Å². The minimum Gasteiger partial charge on any atom is -0.500 e. The zero-order chi connectivity index (χ0) is 10.0. The van der Waals surface area contributed by atoms with Gasteiger partial charge in [0.25, 0.3) is 0 Å². The average Bonchev–Trinajstić information content (AvgIpc) is 2.09. The average molecular weight is 182 g/mol. The number of aromatic nitrogens is 1. The molecule has 1 aromatic heterocycles. The Hall–Kier alpha value is -1.25. The van der Waals surface area contributed by atoms with Crippen LogP contribution in [0.25, 0.3) is 0 Å². The van der Waals surface area contributed by atoms with Crippen molar-refractivity contribution >= 4 is 0 Å². The molecule has 0 fully saturated rings. The molecular formula is C10H16NO2+. The highest BCUT2D eigenvalue weighted by molar-refractivity contribution is 5.30. The first-order valence-corrected chi connectivity index (χ1v) is 4.51. The highest BCUT2D eigenvalue weighted by atomic mass is 16.3. The van der Waals surface area contributed by atoms with Gasteiger partial charge in [-0.25, -0.2) is 0 Å². The summed E-state index contributed by atoms with van der Waals surface area (Å²) >= 11 is 0. The van der Waals surface area contributed by atoms with Gasteiger partial charge in [-0.15, -0.1) is 0 Å². The summed E-state index contributed by atoms with van der Waals surface area (Å²) in [6.07, 6.45) is 1.86. The SMILES string of the molecule is CC[n+]1cc(C(C)C)cc(O)c1O. The number of aryl methyl sites for hydroxylation is 1.